The monoisotopic (exact) mass is 385 g/mol. The van der Waals surface area contributed by atoms with Crippen LogP contribution in [-0.2, 0) is 0 Å². The number of hydrogen-bond donors (Lipinski definition) is 2. The average Bonchev–Trinajstić information content (AvgIpc) is 3.23. The van der Waals surface area contributed by atoms with Crippen molar-refractivity contribution >= 4 is 55.5 Å². The van der Waals surface area contributed by atoms with E-state index < -0.39 is 5.91 Å². The predicted octanol–water partition coefficient (Wildman–Crippen LogP) is 4.21. The molecular formula is C18H16ClN5OS. The van der Waals surface area contributed by atoms with Gasteiger partial charge >= 0.3 is 0 Å². The lowest BCUT2D eigenvalue weighted by Gasteiger charge is -2.09. The molecule has 1 amide bonds. The summed E-state index contributed by atoms with van der Waals surface area (Å²) in [4.78, 5) is 21.2. The highest BCUT2D eigenvalue weighted by atomic mass is 35.5. The fraction of sp³-hybridized carbons (Fsp3) is 0.167. The largest absolute Gasteiger partial charge is 0.383 e. The van der Waals surface area contributed by atoms with Crippen LogP contribution in [0.5, 0.6) is 0 Å². The minimum absolute atomic E-state index is 0.356. The summed E-state index contributed by atoms with van der Waals surface area (Å²) < 4.78 is 2.71. The third kappa shape index (κ3) is 2.69. The normalized spacial score (nSPS) is 11.3. The van der Waals surface area contributed by atoms with Crippen LogP contribution in [-0.4, -0.2) is 27.0 Å². The number of anilines is 1. The zero-order chi connectivity index (χ0) is 18.3. The van der Waals surface area contributed by atoms with Gasteiger partial charge in [-0.05, 0) is 42.3 Å². The Morgan fingerprint density at radius 3 is 2.88 bits per heavy atom. The van der Waals surface area contributed by atoms with Crippen molar-refractivity contribution in [2.45, 2.75) is 13.3 Å². The molecule has 0 aliphatic rings. The van der Waals surface area contributed by atoms with Crippen molar-refractivity contribution in [2.75, 3.05) is 11.9 Å². The summed E-state index contributed by atoms with van der Waals surface area (Å²) in [6.45, 7) is 2.84. The van der Waals surface area contributed by atoms with Gasteiger partial charge in [0, 0.05) is 34.4 Å². The molecular weight excluding hydrogens is 370 g/mol. The zero-order valence-electron chi connectivity index (χ0n) is 14.0. The number of fused-ring (bicyclic) bond motifs is 3. The summed E-state index contributed by atoms with van der Waals surface area (Å²) in [5.74, 6) is 0.264. The lowest BCUT2D eigenvalue weighted by atomic mass is 10.1. The molecule has 1 aromatic carbocycles. The Morgan fingerprint density at radius 2 is 2.19 bits per heavy atom. The lowest BCUT2D eigenvalue weighted by molar-refractivity contribution is 0.100. The van der Waals surface area contributed by atoms with Crippen LogP contribution in [0.1, 0.15) is 23.0 Å². The van der Waals surface area contributed by atoms with Crippen LogP contribution in [0, 0.1) is 0 Å². The van der Waals surface area contributed by atoms with Gasteiger partial charge in [0.2, 0.25) is 5.28 Å². The first-order valence-corrected chi connectivity index (χ1v) is 9.38. The van der Waals surface area contributed by atoms with Crippen molar-refractivity contribution < 1.29 is 4.79 Å². The number of thiophene rings is 1. The van der Waals surface area contributed by atoms with Gasteiger partial charge in [0.15, 0.2) is 0 Å². The molecule has 3 aromatic heterocycles. The summed E-state index contributed by atoms with van der Waals surface area (Å²) in [5.41, 5.74) is 7.19. The second-order valence-electron chi connectivity index (χ2n) is 5.84. The number of nitrogens with two attached hydrogens (primary N) is 1. The molecule has 0 aliphatic heterocycles. The maximum atomic E-state index is 11.9. The van der Waals surface area contributed by atoms with Gasteiger partial charge in [0.25, 0.3) is 5.91 Å². The number of pyridine rings is 1. The Kier molecular flexibility index (Phi) is 4.26. The van der Waals surface area contributed by atoms with Crippen LogP contribution < -0.4 is 11.1 Å². The molecule has 0 radical (unpaired) electrons. The minimum atomic E-state index is -0.423. The predicted molar refractivity (Wildman–Crippen MR) is 107 cm³/mol. The van der Waals surface area contributed by atoms with Gasteiger partial charge in [-0.2, -0.15) is 0 Å². The number of halogens is 1. The quantitative estimate of drug-likeness (QED) is 0.538. The van der Waals surface area contributed by atoms with Crippen LogP contribution >= 0.6 is 22.9 Å². The summed E-state index contributed by atoms with van der Waals surface area (Å²) in [5, 5.41) is 5.65. The second kappa shape index (κ2) is 6.59. The number of imidazole rings is 1. The second-order valence-corrected chi connectivity index (χ2v) is 7.23. The van der Waals surface area contributed by atoms with Gasteiger partial charge in [-0.1, -0.05) is 6.92 Å². The van der Waals surface area contributed by atoms with Crippen molar-refractivity contribution in [3.63, 3.8) is 0 Å². The van der Waals surface area contributed by atoms with Gasteiger partial charge in [0.1, 0.15) is 10.7 Å². The van der Waals surface area contributed by atoms with Crippen molar-refractivity contribution in [3.8, 4) is 5.82 Å². The first-order chi connectivity index (χ1) is 12.6. The number of carbonyl (C=O) groups excluding carboxylic acids is 1. The molecule has 0 atom stereocenters. The van der Waals surface area contributed by atoms with E-state index in [0.717, 1.165) is 39.6 Å². The summed E-state index contributed by atoms with van der Waals surface area (Å²) in [6.07, 6.45) is 4.34. The summed E-state index contributed by atoms with van der Waals surface area (Å²) in [7, 11) is 0. The molecule has 132 valence electrons. The molecule has 3 heterocycles. The van der Waals surface area contributed by atoms with Gasteiger partial charge in [-0.25, -0.2) is 9.97 Å². The standard InChI is InChI=1S/C18H16ClN5OS/c1-2-7-21-15-14-10-3-6-13(24-9-8-22-18(24)19)23-11(10)4-5-12(14)26-16(15)17(20)25/h3-6,8-9,21H,2,7H2,1H3,(H2,20,25). The highest BCUT2D eigenvalue weighted by molar-refractivity contribution is 7.21. The highest BCUT2D eigenvalue weighted by Crippen LogP contribution is 2.40. The Hall–Kier alpha value is -2.64. The van der Waals surface area contributed by atoms with Gasteiger partial charge < -0.3 is 11.1 Å². The van der Waals surface area contributed by atoms with Crippen LogP contribution in [0.2, 0.25) is 5.28 Å². The number of hydrogen-bond acceptors (Lipinski definition) is 5. The molecule has 0 unspecified atom stereocenters. The van der Waals surface area contributed by atoms with Crippen molar-refractivity contribution in [1.29, 1.82) is 0 Å². The fourth-order valence-electron chi connectivity index (χ4n) is 2.97. The molecule has 3 N–H and O–H groups in total. The molecule has 0 saturated heterocycles. The molecule has 26 heavy (non-hydrogen) atoms. The van der Waals surface area contributed by atoms with E-state index >= 15 is 0 Å². The molecule has 8 heteroatoms. The smallest absolute Gasteiger partial charge is 0.260 e. The number of benzene rings is 1. The first kappa shape index (κ1) is 16.8. The minimum Gasteiger partial charge on any atom is -0.383 e. The molecule has 6 nitrogen and oxygen atoms in total. The number of amides is 1. The number of aromatic nitrogens is 3. The van der Waals surface area contributed by atoms with E-state index in [1.54, 1.807) is 17.0 Å². The lowest BCUT2D eigenvalue weighted by Crippen LogP contribution is -2.12. The van der Waals surface area contributed by atoms with Crippen LogP contribution in [0.15, 0.2) is 36.7 Å². The molecule has 4 rings (SSSR count). The number of nitrogens with zero attached hydrogens (tertiary/aromatic N) is 3. The third-order valence-corrected chi connectivity index (χ3v) is 5.57. The fourth-order valence-corrected chi connectivity index (χ4v) is 4.22. The molecule has 0 aliphatic carbocycles. The van der Waals surface area contributed by atoms with Crippen molar-refractivity contribution in [1.82, 2.24) is 14.5 Å². The maximum absolute atomic E-state index is 11.9. The van der Waals surface area contributed by atoms with Gasteiger partial charge in [-0.3, -0.25) is 9.36 Å². The van der Waals surface area contributed by atoms with Crippen LogP contribution in [0.25, 0.3) is 26.8 Å². The maximum Gasteiger partial charge on any atom is 0.260 e. The van der Waals surface area contributed by atoms with Crippen molar-refractivity contribution in [3.05, 3.63) is 46.8 Å². The first-order valence-electron chi connectivity index (χ1n) is 8.19. The van der Waals surface area contributed by atoms with E-state index in [1.807, 2.05) is 24.3 Å². The molecule has 0 spiro atoms. The van der Waals surface area contributed by atoms with E-state index in [-0.39, 0.29) is 0 Å². The van der Waals surface area contributed by atoms with E-state index in [9.17, 15) is 4.79 Å². The van der Waals surface area contributed by atoms with Gasteiger partial charge in [0.05, 0.1) is 11.2 Å². The van der Waals surface area contributed by atoms with E-state index in [0.29, 0.717) is 16.0 Å². The average molecular weight is 386 g/mol. The summed E-state index contributed by atoms with van der Waals surface area (Å²) in [6, 6.07) is 7.79. The summed E-state index contributed by atoms with van der Waals surface area (Å²) >= 11 is 7.49. The molecule has 0 fully saturated rings. The van der Waals surface area contributed by atoms with E-state index in [1.165, 1.54) is 11.3 Å². The van der Waals surface area contributed by atoms with E-state index in [4.69, 9.17) is 22.3 Å². The Morgan fingerprint density at radius 1 is 1.35 bits per heavy atom. The topological polar surface area (TPSA) is 85.8 Å². The third-order valence-electron chi connectivity index (χ3n) is 4.13. The number of rotatable bonds is 5. The Labute approximate surface area is 158 Å². The van der Waals surface area contributed by atoms with E-state index in [2.05, 4.69) is 17.2 Å². The SMILES string of the molecule is CCCNc1c(C(N)=O)sc2ccc3nc(-n4ccnc4Cl)ccc3c12. The number of carbonyl (C=O) groups is 1. The molecule has 4 aromatic rings. The van der Waals surface area contributed by atoms with Crippen LogP contribution in [0.4, 0.5) is 5.69 Å². The number of primary amides is 1. The van der Waals surface area contributed by atoms with Gasteiger partial charge in [-0.15, -0.1) is 11.3 Å². The Bertz CT molecular complexity index is 1130. The highest BCUT2D eigenvalue weighted by Gasteiger charge is 2.18. The Balaban J connectivity index is 1.96. The van der Waals surface area contributed by atoms with Crippen LogP contribution in [0.3, 0.4) is 0 Å². The molecule has 0 bridgehead atoms. The van der Waals surface area contributed by atoms with Crippen molar-refractivity contribution in [2.24, 2.45) is 5.73 Å². The molecule has 0 saturated carbocycles. The zero-order valence-corrected chi connectivity index (χ0v) is 15.6. The number of nitrogens with one attached hydrogen (secondary N) is 1.